The van der Waals surface area contributed by atoms with E-state index in [2.05, 4.69) is 23.6 Å². The second-order valence-corrected chi connectivity index (χ2v) is 5.27. The normalized spacial score (nSPS) is 22.2. The Kier molecular flexibility index (Phi) is 7.82. The van der Waals surface area contributed by atoms with E-state index in [0.29, 0.717) is 0 Å². The number of hydrogen-bond donors (Lipinski definition) is 1. The first-order valence-corrected chi connectivity index (χ1v) is 7.48. The van der Waals surface area contributed by atoms with Crippen LogP contribution >= 0.6 is 0 Å². The SMILES string of the molecule is CCCN(CCC)C[C@H]1CCCCN1CCN. The number of nitrogens with two attached hydrogens (primary N) is 1. The average molecular weight is 241 g/mol. The third-order valence-corrected chi connectivity index (χ3v) is 3.71. The van der Waals surface area contributed by atoms with E-state index in [1.165, 1.54) is 58.3 Å². The van der Waals surface area contributed by atoms with Crippen LogP contribution in [0.4, 0.5) is 0 Å². The van der Waals surface area contributed by atoms with Gasteiger partial charge < -0.3 is 10.6 Å². The molecule has 1 fully saturated rings. The van der Waals surface area contributed by atoms with Crippen LogP contribution in [0.2, 0.25) is 0 Å². The van der Waals surface area contributed by atoms with E-state index < -0.39 is 0 Å². The van der Waals surface area contributed by atoms with Gasteiger partial charge in [-0.25, -0.2) is 0 Å². The summed E-state index contributed by atoms with van der Waals surface area (Å²) in [6.07, 6.45) is 6.66. The van der Waals surface area contributed by atoms with Gasteiger partial charge in [-0.05, 0) is 45.3 Å². The molecule has 0 bridgehead atoms. The maximum atomic E-state index is 5.71. The molecule has 0 aromatic heterocycles. The third-order valence-electron chi connectivity index (χ3n) is 3.71. The Bertz CT molecular complexity index is 176. The van der Waals surface area contributed by atoms with Gasteiger partial charge in [-0.3, -0.25) is 4.90 Å². The zero-order valence-electron chi connectivity index (χ0n) is 11.8. The minimum absolute atomic E-state index is 0.755. The fraction of sp³-hybridized carbons (Fsp3) is 1.00. The van der Waals surface area contributed by atoms with Gasteiger partial charge in [0.2, 0.25) is 0 Å². The predicted molar refractivity (Wildman–Crippen MR) is 75.3 cm³/mol. The van der Waals surface area contributed by atoms with Crippen LogP contribution in [0.25, 0.3) is 0 Å². The molecule has 1 saturated heterocycles. The van der Waals surface area contributed by atoms with E-state index in [9.17, 15) is 0 Å². The molecular weight excluding hydrogens is 210 g/mol. The summed E-state index contributed by atoms with van der Waals surface area (Å²) in [6, 6.07) is 0.755. The van der Waals surface area contributed by atoms with Crippen LogP contribution in [0.1, 0.15) is 46.0 Å². The summed E-state index contributed by atoms with van der Waals surface area (Å²) in [7, 11) is 0. The molecule has 0 unspecified atom stereocenters. The molecule has 1 aliphatic heterocycles. The lowest BCUT2D eigenvalue weighted by Gasteiger charge is -2.38. The highest BCUT2D eigenvalue weighted by Crippen LogP contribution is 2.17. The molecular formula is C14H31N3. The molecule has 0 aromatic rings. The minimum atomic E-state index is 0.755. The minimum Gasteiger partial charge on any atom is -0.329 e. The lowest BCUT2D eigenvalue weighted by molar-refractivity contribution is 0.107. The van der Waals surface area contributed by atoms with Gasteiger partial charge in [0.1, 0.15) is 0 Å². The Morgan fingerprint density at radius 1 is 1.18 bits per heavy atom. The van der Waals surface area contributed by atoms with Crippen LogP contribution in [0, 0.1) is 0 Å². The summed E-state index contributed by atoms with van der Waals surface area (Å²) in [4.78, 5) is 5.25. The van der Waals surface area contributed by atoms with Crippen LogP contribution in [0.15, 0.2) is 0 Å². The van der Waals surface area contributed by atoms with Crippen molar-refractivity contribution in [2.75, 3.05) is 39.3 Å². The van der Waals surface area contributed by atoms with Crippen molar-refractivity contribution < 1.29 is 0 Å². The molecule has 1 rings (SSSR count). The molecule has 1 atom stereocenters. The first-order chi connectivity index (χ1) is 8.31. The molecule has 0 aromatic carbocycles. The second kappa shape index (κ2) is 8.90. The molecule has 3 heteroatoms. The van der Waals surface area contributed by atoms with E-state index in [1.54, 1.807) is 0 Å². The van der Waals surface area contributed by atoms with Crippen LogP contribution in [0.3, 0.4) is 0 Å². The highest BCUT2D eigenvalue weighted by atomic mass is 15.2. The van der Waals surface area contributed by atoms with E-state index in [1.807, 2.05) is 0 Å². The zero-order chi connectivity index (χ0) is 12.5. The first kappa shape index (κ1) is 14.9. The summed E-state index contributed by atoms with van der Waals surface area (Å²) >= 11 is 0. The van der Waals surface area contributed by atoms with Crippen LogP contribution < -0.4 is 5.73 Å². The lowest BCUT2D eigenvalue weighted by Crippen LogP contribution is -2.48. The predicted octanol–water partition coefficient (Wildman–Crippen LogP) is 1.92. The zero-order valence-corrected chi connectivity index (χ0v) is 11.8. The van der Waals surface area contributed by atoms with Crippen molar-refractivity contribution in [2.24, 2.45) is 5.73 Å². The van der Waals surface area contributed by atoms with Gasteiger partial charge in [0.05, 0.1) is 0 Å². The number of piperidine rings is 1. The van der Waals surface area contributed by atoms with E-state index in [4.69, 9.17) is 5.73 Å². The van der Waals surface area contributed by atoms with Crippen molar-refractivity contribution >= 4 is 0 Å². The summed E-state index contributed by atoms with van der Waals surface area (Å²) in [6.45, 7) is 11.5. The quantitative estimate of drug-likeness (QED) is 0.705. The Morgan fingerprint density at radius 2 is 1.88 bits per heavy atom. The fourth-order valence-corrected chi connectivity index (χ4v) is 2.95. The molecule has 0 radical (unpaired) electrons. The van der Waals surface area contributed by atoms with Crippen molar-refractivity contribution in [3.63, 3.8) is 0 Å². The van der Waals surface area contributed by atoms with Gasteiger partial charge in [-0.15, -0.1) is 0 Å². The summed E-state index contributed by atoms with van der Waals surface area (Å²) in [5.41, 5.74) is 5.71. The topological polar surface area (TPSA) is 32.5 Å². The van der Waals surface area contributed by atoms with Gasteiger partial charge in [-0.1, -0.05) is 20.3 Å². The van der Waals surface area contributed by atoms with E-state index in [0.717, 1.165) is 19.1 Å². The third kappa shape index (κ3) is 5.36. The molecule has 1 heterocycles. The van der Waals surface area contributed by atoms with Crippen molar-refractivity contribution in [2.45, 2.75) is 52.0 Å². The Hall–Kier alpha value is -0.120. The second-order valence-electron chi connectivity index (χ2n) is 5.27. The summed E-state index contributed by atoms with van der Waals surface area (Å²) in [5, 5.41) is 0. The van der Waals surface area contributed by atoms with Crippen molar-refractivity contribution in [1.82, 2.24) is 9.80 Å². The molecule has 0 saturated carbocycles. The van der Waals surface area contributed by atoms with Gasteiger partial charge >= 0.3 is 0 Å². The number of rotatable bonds is 8. The fourth-order valence-electron chi connectivity index (χ4n) is 2.95. The van der Waals surface area contributed by atoms with Crippen LogP contribution in [-0.2, 0) is 0 Å². The van der Waals surface area contributed by atoms with Gasteiger partial charge in [-0.2, -0.15) is 0 Å². The maximum Gasteiger partial charge on any atom is 0.0223 e. The lowest BCUT2D eigenvalue weighted by atomic mass is 10.0. The number of hydrogen-bond acceptors (Lipinski definition) is 3. The van der Waals surface area contributed by atoms with Crippen LogP contribution in [0.5, 0.6) is 0 Å². The van der Waals surface area contributed by atoms with Crippen molar-refractivity contribution in [3.05, 3.63) is 0 Å². The molecule has 1 aliphatic rings. The van der Waals surface area contributed by atoms with Crippen LogP contribution in [-0.4, -0.2) is 55.1 Å². The van der Waals surface area contributed by atoms with Gasteiger partial charge in [0.15, 0.2) is 0 Å². The molecule has 3 nitrogen and oxygen atoms in total. The van der Waals surface area contributed by atoms with Crippen molar-refractivity contribution in [1.29, 1.82) is 0 Å². The maximum absolute atomic E-state index is 5.71. The Morgan fingerprint density at radius 3 is 2.47 bits per heavy atom. The molecule has 0 aliphatic carbocycles. The monoisotopic (exact) mass is 241 g/mol. The summed E-state index contributed by atoms with van der Waals surface area (Å²) in [5.74, 6) is 0. The largest absolute Gasteiger partial charge is 0.329 e. The first-order valence-electron chi connectivity index (χ1n) is 7.48. The number of nitrogens with zero attached hydrogens (tertiary/aromatic N) is 2. The highest BCUT2D eigenvalue weighted by molar-refractivity contribution is 4.80. The standard InChI is InChI=1S/C14H31N3/c1-3-9-16(10-4-2)13-14-7-5-6-11-17(14)12-8-15/h14H,3-13,15H2,1-2H3/t14-/m1/s1. The average Bonchev–Trinajstić information content (AvgIpc) is 2.33. The highest BCUT2D eigenvalue weighted by Gasteiger charge is 2.23. The van der Waals surface area contributed by atoms with E-state index >= 15 is 0 Å². The summed E-state index contributed by atoms with van der Waals surface area (Å²) < 4.78 is 0. The Balaban J connectivity index is 2.43. The Labute approximate surface area is 107 Å². The molecule has 0 amide bonds. The van der Waals surface area contributed by atoms with E-state index in [-0.39, 0.29) is 0 Å². The molecule has 0 spiro atoms. The smallest absolute Gasteiger partial charge is 0.0223 e. The molecule has 17 heavy (non-hydrogen) atoms. The van der Waals surface area contributed by atoms with Crippen molar-refractivity contribution in [3.8, 4) is 0 Å². The molecule has 102 valence electrons. The number of likely N-dealkylation sites (tertiary alicyclic amines) is 1. The molecule has 2 N–H and O–H groups in total. The van der Waals surface area contributed by atoms with Gasteiger partial charge in [0.25, 0.3) is 0 Å². The van der Waals surface area contributed by atoms with Gasteiger partial charge in [0, 0.05) is 25.7 Å².